The van der Waals surface area contributed by atoms with Gasteiger partial charge in [-0.1, -0.05) is 12.1 Å². The van der Waals surface area contributed by atoms with Crippen LogP contribution < -0.4 is 24.0 Å². The van der Waals surface area contributed by atoms with E-state index >= 15 is 0 Å². The van der Waals surface area contributed by atoms with E-state index < -0.39 is 0 Å². The summed E-state index contributed by atoms with van der Waals surface area (Å²) in [5.74, 6) is -0.264. The Labute approximate surface area is 132 Å². The second kappa shape index (κ2) is 7.24. The van der Waals surface area contributed by atoms with Gasteiger partial charge in [-0.15, -0.1) is 0 Å². The van der Waals surface area contributed by atoms with Gasteiger partial charge < -0.3 is 33.2 Å². The number of methoxy groups -OCH3 is 1. The molecule has 1 fully saturated rings. The summed E-state index contributed by atoms with van der Waals surface area (Å²) in [5.41, 5.74) is 1.93. The predicted octanol–water partition coefficient (Wildman–Crippen LogP) is -0.392. The van der Waals surface area contributed by atoms with E-state index in [2.05, 4.69) is 7.05 Å². The van der Waals surface area contributed by atoms with Crippen LogP contribution in [0.25, 0.3) is 0 Å². The molecule has 19 heavy (non-hydrogen) atoms. The minimum atomic E-state index is -0.264. The molecule has 0 aromatic heterocycles. The van der Waals surface area contributed by atoms with Gasteiger partial charge in [0, 0.05) is 5.56 Å². The lowest BCUT2D eigenvalue weighted by atomic mass is 10.1. The van der Waals surface area contributed by atoms with Gasteiger partial charge in [-0.2, -0.15) is 0 Å². The van der Waals surface area contributed by atoms with E-state index in [1.165, 1.54) is 45.0 Å². The lowest BCUT2D eigenvalue weighted by Crippen LogP contribution is -3.00. The topological polar surface area (TPSA) is 26.3 Å². The van der Waals surface area contributed by atoms with Crippen LogP contribution in [-0.4, -0.2) is 37.7 Å². The number of ether oxygens (including phenoxy) is 1. The normalized spacial score (nSPS) is 17.4. The Bertz CT molecular complexity index is 411. The summed E-state index contributed by atoms with van der Waals surface area (Å²) in [6.45, 7) is 3.58. The van der Waals surface area contributed by atoms with Crippen molar-refractivity contribution in [2.45, 2.75) is 25.8 Å². The fourth-order valence-electron chi connectivity index (χ4n) is 2.74. The van der Waals surface area contributed by atoms with Crippen molar-refractivity contribution in [3.8, 4) is 0 Å². The number of quaternary nitrogens is 1. The lowest BCUT2D eigenvalue weighted by molar-refractivity contribution is -0.926. The first-order chi connectivity index (χ1) is 8.63. The number of carbonyl (C=O) groups excluding carboxylic acids is 1. The largest absolute Gasteiger partial charge is 1.00 e. The number of hydrogen-bond acceptors (Lipinski definition) is 2. The van der Waals surface area contributed by atoms with E-state index in [4.69, 9.17) is 4.74 Å². The maximum atomic E-state index is 11.4. The molecule has 0 saturated carbocycles. The standard InChI is InChI=1S/C15H22NO2.HI/c1-16(10-4-3-5-11-16)12-13-6-8-14(9-7-13)15(17)18-2;/h6-9H,3-5,10-12H2,1-2H3;1H/q+1;/p-1. The molecule has 0 unspecified atom stereocenters. The average molecular weight is 375 g/mol. The van der Waals surface area contributed by atoms with Crippen molar-refractivity contribution in [1.29, 1.82) is 0 Å². The zero-order valence-electron chi connectivity index (χ0n) is 11.7. The number of likely N-dealkylation sites (tertiary alicyclic amines) is 1. The smallest absolute Gasteiger partial charge is 0.337 e. The third-order valence-corrected chi connectivity index (χ3v) is 3.84. The molecule has 4 heteroatoms. The Kier molecular flexibility index (Phi) is 6.26. The molecule has 1 saturated heterocycles. The summed E-state index contributed by atoms with van der Waals surface area (Å²) >= 11 is 0. The molecule has 0 amide bonds. The van der Waals surface area contributed by atoms with Crippen molar-refractivity contribution in [1.82, 2.24) is 0 Å². The molecular weight excluding hydrogens is 353 g/mol. The van der Waals surface area contributed by atoms with Crippen molar-refractivity contribution < 1.29 is 38.0 Å². The highest BCUT2D eigenvalue weighted by Gasteiger charge is 2.24. The molecule has 1 aliphatic heterocycles. The van der Waals surface area contributed by atoms with Gasteiger partial charge in [0.2, 0.25) is 0 Å². The number of esters is 1. The van der Waals surface area contributed by atoms with Crippen molar-refractivity contribution in [3.05, 3.63) is 35.4 Å². The molecule has 1 heterocycles. The first-order valence-corrected chi connectivity index (χ1v) is 6.64. The Morgan fingerprint density at radius 2 is 1.74 bits per heavy atom. The highest BCUT2D eigenvalue weighted by molar-refractivity contribution is 5.89. The van der Waals surface area contributed by atoms with Gasteiger partial charge in [-0.3, -0.25) is 0 Å². The number of piperidine rings is 1. The monoisotopic (exact) mass is 375 g/mol. The molecule has 0 atom stereocenters. The molecular formula is C15H22INO2. The number of carbonyl (C=O) groups is 1. The zero-order valence-corrected chi connectivity index (χ0v) is 13.9. The van der Waals surface area contributed by atoms with Gasteiger partial charge >= 0.3 is 5.97 Å². The minimum absolute atomic E-state index is 0. The van der Waals surface area contributed by atoms with E-state index in [1.807, 2.05) is 24.3 Å². The third-order valence-electron chi connectivity index (χ3n) is 3.84. The Morgan fingerprint density at radius 1 is 1.16 bits per heavy atom. The van der Waals surface area contributed by atoms with E-state index in [0.29, 0.717) is 5.56 Å². The Hall–Kier alpha value is -0.620. The predicted molar refractivity (Wildman–Crippen MR) is 71.3 cm³/mol. The van der Waals surface area contributed by atoms with Crippen LogP contribution in [0.1, 0.15) is 35.2 Å². The van der Waals surface area contributed by atoms with Gasteiger partial charge in [0.05, 0.1) is 32.8 Å². The zero-order chi connectivity index (χ0) is 13.0. The molecule has 0 bridgehead atoms. The quantitative estimate of drug-likeness (QED) is 0.409. The van der Waals surface area contributed by atoms with E-state index in [9.17, 15) is 4.79 Å². The van der Waals surface area contributed by atoms with Crippen molar-refractivity contribution in [2.75, 3.05) is 27.2 Å². The van der Waals surface area contributed by atoms with Crippen molar-refractivity contribution in [2.24, 2.45) is 0 Å². The highest BCUT2D eigenvalue weighted by Crippen LogP contribution is 2.20. The van der Waals surface area contributed by atoms with Crippen LogP contribution in [0, 0.1) is 0 Å². The first kappa shape index (κ1) is 16.4. The highest BCUT2D eigenvalue weighted by atomic mass is 127. The molecule has 1 aromatic rings. The molecule has 1 aliphatic rings. The van der Waals surface area contributed by atoms with Crippen LogP contribution in [0.3, 0.4) is 0 Å². The first-order valence-electron chi connectivity index (χ1n) is 6.64. The SMILES string of the molecule is COC(=O)c1ccc(C[N+]2(C)CCCCC2)cc1.[I-]. The van der Waals surface area contributed by atoms with E-state index in [-0.39, 0.29) is 29.9 Å². The van der Waals surface area contributed by atoms with Crippen LogP contribution in [0.15, 0.2) is 24.3 Å². The van der Waals surface area contributed by atoms with Crippen molar-refractivity contribution in [3.63, 3.8) is 0 Å². The Morgan fingerprint density at radius 3 is 2.26 bits per heavy atom. The summed E-state index contributed by atoms with van der Waals surface area (Å²) < 4.78 is 5.83. The second-order valence-corrected chi connectivity index (χ2v) is 5.47. The van der Waals surface area contributed by atoms with Crippen LogP contribution >= 0.6 is 0 Å². The summed E-state index contributed by atoms with van der Waals surface area (Å²) in [6, 6.07) is 7.81. The summed E-state index contributed by atoms with van der Waals surface area (Å²) in [6.07, 6.45) is 4.03. The van der Waals surface area contributed by atoms with Crippen LogP contribution in [0.2, 0.25) is 0 Å². The van der Waals surface area contributed by atoms with Gasteiger partial charge in [0.25, 0.3) is 0 Å². The van der Waals surface area contributed by atoms with E-state index in [0.717, 1.165) is 11.0 Å². The maximum Gasteiger partial charge on any atom is 0.337 e. The van der Waals surface area contributed by atoms with Gasteiger partial charge in [0.1, 0.15) is 6.54 Å². The summed E-state index contributed by atoms with van der Waals surface area (Å²) in [7, 11) is 3.74. The lowest BCUT2D eigenvalue weighted by Gasteiger charge is -2.37. The number of halogens is 1. The molecule has 2 rings (SSSR count). The molecule has 1 aromatic carbocycles. The van der Waals surface area contributed by atoms with Crippen molar-refractivity contribution >= 4 is 5.97 Å². The second-order valence-electron chi connectivity index (χ2n) is 5.47. The van der Waals surface area contributed by atoms with Gasteiger partial charge in [-0.25, -0.2) is 4.79 Å². The fourth-order valence-corrected chi connectivity index (χ4v) is 2.74. The molecule has 3 nitrogen and oxygen atoms in total. The number of benzene rings is 1. The molecule has 0 N–H and O–H groups in total. The molecule has 106 valence electrons. The molecule has 0 aliphatic carbocycles. The van der Waals surface area contributed by atoms with E-state index in [1.54, 1.807) is 0 Å². The number of rotatable bonds is 3. The number of nitrogens with zero attached hydrogens (tertiary/aromatic N) is 1. The fraction of sp³-hybridized carbons (Fsp3) is 0.533. The van der Waals surface area contributed by atoms with Gasteiger partial charge in [0.15, 0.2) is 0 Å². The Balaban J connectivity index is 0.00000180. The summed E-state index contributed by atoms with van der Waals surface area (Å²) in [5, 5.41) is 0. The maximum absolute atomic E-state index is 11.4. The third kappa shape index (κ3) is 4.45. The average Bonchev–Trinajstić information content (AvgIpc) is 2.39. The van der Waals surface area contributed by atoms with Gasteiger partial charge in [-0.05, 0) is 31.4 Å². The van der Waals surface area contributed by atoms with Crippen LogP contribution in [0.5, 0.6) is 0 Å². The molecule has 0 spiro atoms. The number of hydrogen-bond donors (Lipinski definition) is 0. The van der Waals surface area contributed by atoms with Crippen LogP contribution in [0.4, 0.5) is 0 Å². The summed E-state index contributed by atoms with van der Waals surface area (Å²) in [4.78, 5) is 11.4. The van der Waals surface area contributed by atoms with Crippen LogP contribution in [-0.2, 0) is 11.3 Å². The molecule has 0 radical (unpaired) electrons. The minimum Gasteiger partial charge on any atom is -1.00 e.